The Hall–Kier alpha value is -1.99. The minimum Gasteiger partial charge on any atom is -0.0616 e. The van der Waals surface area contributed by atoms with Gasteiger partial charge < -0.3 is 0 Å². The van der Waals surface area contributed by atoms with Gasteiger partial charge >= 0.3 is 0 Å². The van der Waals surface area contributed by atoms with Crippen molar-refractivity contribution in [2.24, 2.45) is 0 Å². The van der Waals surface area contributed by atoms with Gasteiger partial charge in [-0.1, -0.05) is 84.0 Å². The van der Waals surface area contributed by atoms with Crippen LogP contribution >= 0.6 is 0 Å². The van der Waals surface area contributed by atoms with E-state index < -0.39 is 0 Å². The molecule has 0 radical (unpaired) electrons. The van der Waals surface area contributed by atoms with Crippen LogP contribution in [0.25, 0.3) is 0 Å². The first-order valence-corrected chi connectivity index (χ1v) is 11.3. The smallest absolute Gasteiger partial charge is 0.0616 e. The number of aryl methyl sites for hydroxylation is 1. The summed E-state index contributed by atoms with van der Waals surface area (Å²) < 4.78 is 0. The van der Waals surface area contributed by atoms with Crippen LogP contribution in [0, 0.1) is 6.92 Å². The van der Waals surface area contributed by atoms with E-state index in [1.165, 1.54) is 31.4 Å². The highest BCUT2D eigenvalue weighted by atomic mass is 32.2. The van der Waals surface area contributed by atoms with Crippen molar-refractivity contribution in [1.82, 2.24) is 0 Å². The maximum Gasteiger partial charge on any atom is 0.169 e. The van der Waals surface area contributed by atoms with E-state index in [-0.39, 0.29) is 21.7 Å². The van der Waals surface area contributed by atoms with E-state index in [2.05, 4.69) is 121 Å². The topological polar surface area (TPSA) is 0 Å². The Morgan fingerprint density at radius 1 is 0.536 bits per heavy atom. The summed E-state index contributed by atoms with van der Waals surface area (Å²) in [5, 5.41) is 0. The molecule has 0 fully saturated rings. The molecule has 0 saturated heterocycles. The van der Waals surface area contributed by atoms with E-state index >= 15 is 0 Å². The van der Waals surface area contributed by atoms with Gasteiger partial charge in [-0.2, -0.15) is 0 Å². The molecule has 146 valence electrons. The normalized spacial score (nSPS) is 12.4. The summed E-state index contributed by atoms with van der Waals surface area (Å²) >= 11 is 0. The molecule has 0 aliphatic carbocycles. The van der Waals surface area contributed by atoms with Gasteiger partial charge in [-0.05, 0) is 59.2 Å². The second kappa shape index (κ2) is 7.79. The van der Waals surface area contributed by atoms with Crippen molar-refractivity contribution in [2.45, 2.75) is 74.0 Å². The SMILES string of the molecule is Cc1ccccc1[S+](c1ccc(C(C)(C)C)cc1)c1ccc(C(C)(C)C)cc1. The first kappa shape index (κ1) is 20.7. The largest absolute Gasteiger partial charge is 0.169 e. The molecule has 0 spiro atoms. The van der Waals surface area contributed by atoms with Crippen molar-refractivity contribution in [1.29, 1.82) is 0 Å². The van der Waals surface area contributed by atoms with Crippen LogP contribution in [0.2, 0.25) is 0 Å². The lowest BCUT2D eigenvalue weighted by Crippen LogP contribution is -2.13. The summed E-state index contributed by atoms with van der Waals surface area (Å²) in [6.07, 6.45) is 0. The van der Waals surface area contributed by atoms with Crippen LogP contribution in [0.3, 0.4) is 0 Å². The highest BCUT2D eigenvalue weighted by molar-refractivity contribution is 7.97. The van der Waals surface area contributed by atoms with Crippen LogP contribution in [-0.4, -0.2) is 0 Å². The molecule has 1 heteroatoms. The van der Waals surface area contributed by atoms with Gasteiger partial charge in [-0.25, -0.2) is 0 Å². The Morgan fingerprint density at radius 3 is 1.29 bits per heavy atom. The quantitative estimate of drug-likeness (QED) is 0.403. The summed E-state index contributed by atoms with van der Waals surface area (Å²) in [6.45, 7) is 15.9. The van der Waals surface area contributed by atoms with Crippen LogP contribution in [0.15, 0.2) is 87.5 Å². The molecule has 0 atom stereocenters. The van der Waals surface area contributed by atoms with Crippen molar-refractivity contribution in [2.75, 3.05) is 0 Å². The van der Waals surface area contributed by atoms with Crippen molar-refractivity contribution >= 4 is 10.9 Å². The minimum absolute atomic E-state index is 0.0963. The zero-order chi connectivity index (χ0) is 20.5. The predicted octanol–water partition coefficient (Wildman–Crippen LogP) is 7.69. The van der Waals surface area contributed by atoms with Crippen molar-refractivity contribution < 1.29 is 0 Å². The molecule has 3 rings (SSSR count). The van der Waals surface area contributed by atoms with Crippen LogP contribution < -0.4 is 0 Å². The molecule has 0 unspecified atom stereocenters. The van der Waals surface area contributed by atoms with Crippen LogP contribution in [-0.2, 0) is 21.7 Å². The van der Waals surface area contributed by atoms with Gasteiger partial charge in [0.1, 0.15) is 0 Å². The predicted molar refractivity (Wildman–Crippen MR) is 124 cm³/mol. The van der Waals surface area contributed by atoms with Gasteiger partial charge in [0.2, 0.25) is 0 Å². The van der Waals surface area contributed by atoms with E-state index in [4.69, 9.17) is 0 Å². The van der Waals surface area contributed by atoms with E-state index in [0.29, 0.717) is 0 Å². The molecule has 0 saturated carbocycles. The molecule has 3 aromatic rings. The first-order valence-electron chi connectivity index (χ1n) is 10.1. The fraction of sp³-hybridized carbons (Fsp3) is 0.333. The second-order valence-electron chi connectivity index (χ2n) is 9.62. The third-order valence-electron chi connectivity index (χ3n) is 5.23. The third-order valence-corrected chi connectivity index (χ3v) is 7.61. The summed E-state index contributed by atoms with van der Waals surface area (Å²) in [7, 11) is -0.0963. The molecular weight excluding hydrogens is 356 g/mol. The second-order valence-corrected chi connectivity index (χ2v) is 11.6. The summed E-state index contributed by atoms with van der Waals surface area (Å²) in [4.78, 5) is 4.17. The van der Waals surface area contributed by atoms with E-state index in [1.54, 1.807) is 0 Å². The zero-order valence-corrected chi connectivity index (χ0v) is 19.2. The van der Waals surface area contributed by atoms with Gasteiger partial charge in [0, 0.05) is 5.56 Å². The van der Waals surface area contributed by atoms with E-state index in [9.17, 15) is 0 Å². The van der Waals surface area contributed by atoms with Crippen molar-refractivity contribution in [3.63, 3.8) is 0 Å². The third kappa shape index (κ3) is 4.52. The maximum atomic E-state index is 2.33. The Kier molecular flexibility index (Phi) is 5.77. The lowest BCUT2D eigenvalue weighted by Gasteiger charge is -2.20. The molecule has 0 aliphatic rings. The Morgan fingerprint density at radius 2 is 0.929 bits per heavy atom. The number of hydrogen-bond acceptors (Lipinski definition) is 0. The Labute approximate surface area is 174 Å². The standard InChI is InChI=1S/C27H33S/c1-20-10-8-9-11-25(20)28(23-16-12-21(13-17-23)26(2,3)4)24-18-14-22(15-19-24)27(5,6)7/h8-19H,1-7H3/q+1. The van der Waals surface area contributed by atoms with Crippen molar-refractivity contribution in [3.8, 4) is 0 Å². The van der Waals surface area contributed by atoms with Gasteiger partial charge in [-0.3, -0.25) is 0 Å². The fourth-order valence-corrected chi connectivity index (χ4v) is 5.56. The maximum absolute atomic E-state index is 2.33. The zero-order valence-electron chi connectivity index (χ0n) is 18.3. The molecule has 0 heterocycles. The van der Waals surface area contributed by atoms with Crippen LogP contribution in [0.5, 0.6) is 0 Å². The molecule has 0 aromatic heterocycles. The summed E-state index contributed by atoms with van der Waals surface area (Å²) in [5.74, 6) is 0. The molecule has 0 N–H and O–H groups in total. The molecule has 0 aliphatic heterocycles. The van der Waals surface area contributed by atoms with Gasteiger partial charge in [0.05, 0.1) is 10.9 Å². The van der Waals surface area contributed by atoms with E-state index in [0.717, 1.165) is 0 Å². The number of benzene rings is 3. The van der Waals surface area contributed by atoms with E-state index in [1.807, 2.05) is 0 Å². The lowest BCUT2D eigenvalue weighted by atomic mass is 9.87. The van der Waals surface area contributed by atoms with Crippen LogP contribution in [0.4, 0.5) is 0 Å². The first-order chi connectivity index (χ1) is 13.1. The highest BCUT2D eigenvalue weighted by Crippen LogP contribution is 2.35. The van der Waals surface area contributed by atoms with Gasteiger partial charge in [0.15, 0.2) is 14.7 Å². The summed E-state index contributed by atoms with van der Waals surface area (Å²) in [5.41, 5.74) is 4.47. The molecule has 0 nitrogen and oxygen atoms in total. The lowest BCUT2D eigenvalue weighted by molar-refractivity contribution is 0.589. The average molecular weight is 390 g/mol. The Bertz CT molecular complexity index is 862. The Balaban J connectivity index is 2.10. The van der Waals surface area contributed by atoms with Crippen molar-refractivity contribution in [3.05, 3.63) is 89.5 Å². The van der Waals surface area contributed by atoms with Crippen LogP contribution in [0.1, 0.15) is 58.2 Å². The van der Waals surface area contributed by atoms with Gasteiger partial charge in [-0.15, -0.1) is 0 Å². The highest BCUT2D eigenvalue weighted by Gasteiger charge is 2.31. The number of rotatable bonds is 3. The summed E-state index contributed by atoms with van der Waals surface area (Å²) in [6, 6.07) is 27.3. The molecule has 3 aromatic carbocycles. The number of hydrogen-bond donors (Lipinski definition) is 0. The molecule has 0 amide bonds. The average Bonchev–Trinajstić information content (AvgIpc) is 2.63. The minimum atomic E-state index is -0.0963. The van der Waals surface area contributed by atoms with Gasteiger partial charge in [0.25, 0.3) is 0 Å². The molecule has 28 heavy (non-hydrogen) atoms. The fourth-order valence-electron chi connectivity index (χ4n) is 3.36. The molecule has 0 bridgehead atoms. The monoisotopic (exact) mass is 389 g/mol. The molecular formula is C27H33S+.